The Morgan fingerprint density at radius 1 is 1.25 bits per heavy atom. The third kappa shape index (κ3) is 2.10. The number of benzene rings is 1. The van der Waals surface area contributed by atoms with Gasteiger partial charge in [0, 0.05) is 0 Å². The van der Waals surface area contributed by atoms with E-state index >= 15 is 0 Å². The number of carbonyl (C=O) groups excluding carboxylic acids is 1. The summed E-state index contributed by atoms with van der Waals surface area (Å²) in [5, 5.41) is 0. The Morgan fingerprint density at radius 2 is 1.94 bits per heavy atom. The summed E-state index contributed by atoms with van der Waals surface area (Å²) >= 11 is 0. The molecule has 86 valence electrons. The lowest BCUT2D eigenvalue weighted by Crippen LogP contribution is -2.36. The molecule has 0 saturated carbocycles. The summed E-state index contributed by atoms with van der Waals surface area (Å²) in [5.41, 5.74) is -0.557. The smallest absolute Gasteiger partial charge is 0.199 e. The molecule has 0 amide bonds. The summed E-state index contributed by atoms with van der Waals surface area (Å²) in [6.07, 6.45) is -0.917. The van der Waals surface area contributed by atoms with Gasteiger partial charge in [0.1, 0.15) is 17.7 Å². The van der Waals surface area contributed by atoms with Gasteiger partial charge >= 0.3 is 0 Å². The number of rotatable bonds is 2. The molecule has 1 saturated heterocycles. The van der Waals surface area contributed by atoms with Crippen molar-refractivity contribution in [1.82, 2.24) is 0 Å². The zero-order chi connectivity index (χ0) is 11.5. The third-order valence-corrected chi connectivity index (χ3v) is 2.32. The molecule has 5 heteroatoms. The first-order chi connectivity index (χ1) is 7.70. The first kappa shape index (κ1) is 11.2. The van der Waals surface area contributed by atoms with Crippen LogP contribution >= 0.6 is 0 Å². The van der Waals surface area contributed by atoms with E-state index in [0.717, 1.165) is 12.1 Å². The van der Waals surface area contributed by atoms with Gasteiger partial charge in [-0.25, -0.2) is 8.78 Å². The molecule has 3 nitrogen and oxygen atoms in total. The molecule has 16 heavy (non-hydrogen) atoms. The maximum atomic E-state index is 13.3. The minimum atomic E-state index is -0.917. The SMILES string of the molecule is O=C(c1c(F)cccc1F)C1COCCO1. The lowest BCUT2D eigenvalue weighted by molar-refractivity contribution is -0.0721. The van der Waals surface area contributed by atoms with E-state index in [2.05, 4.69) is 0 Å². The van der Waals surface area contributed by atoms with Gasteiger partial charge in [0.25, 0.3) is 0 Å². The summed E-state index contributed by atoms with van der Waals surface area (Å²) < 4.78 is 36.7. The molecule has 0 N–H and O–H groups in total. The van der Waals surface area contributed by atoms with Gasteiger partial charge in [-0.3, -0.25) is 4.79 Å². The van der Waals surface area contributed by atoms with Crippen LogP contribution < -0.4 is 0 Å². The Hall–Kier alpha value is -1.33. The van der Waals surface area contributed by atoms with Gasteiger partial charge < -0.3 is 9.47 Å². The maximum absolute atomic E-state index is 13.3. The van der Waals surface area contributed by atoms with Gasteiger partial charge in [-0.05, 0) is 12.1 Å². The highest BCUT2D eigenvalue weighted by molar-refractivity contribution is 6.00. The number of carbonyl (C=O) groups is 1. The summed E-state index contributed by atoms with van der Waals surface area (Å²) in [7, 11) is 0. The van der Waals surface area contributed by atoms with E-state index < -0.39 is 29.1 Å². The third-order valence-electron chi connectivity index (χ3n) is 2.32. The molecule has 1 aliphatic rings. The number of hydrogen-bond donors (Lipinski definition) is 0. The molecule has 1 aromatic rings. The van der Waals surface area contributed by atoms with Gasteiger partial charge in [-0.2, -0.15) is 0 Å². The Morgan fingerprint density at radius 3 is 2.50 bits per heavy atom. The van der Waals surface area contributed by atoms with Crippen molar-refractivity contribution < 1.29 is 23.0 Å². The quantitative estimate of drug-likeness (QED) is 0.720. The highest BCUT2D eigenvalue weighted by Crippen LogP contribution is 2.16. The van der Waals surface area contributed by atoms with Crippen LogP contribution in [0.15, 0.2) is 18.2 Å². The maximum Gasteiger partial charge on any atom is 0.199 e. The highest BCUT2D eigenvalue weighted by Gasteiger charge is 2.28. The van der Waals surface area contributed by atoms with Gasteiger partial charge in [0.15, 0.2) is 5.78 Å². The van der Waals surface area contributed by atoms with Crippen molar-refractivity contribution in [3.05, 3.63) is 35.4 Å². The second-order valence-electron chi connectivity index (χ2n) is 3.40. The molecule has 1 unspecified atom stereocenters. The van der Waals surface area contributed by atoms with E-state index in [-0.39, 0.29) is 13.2 Å². The highest BCUT2D eigenvalue weighted by atomic mass is 19.1. The number of hydrogen-bond acceptors (Lipinski definition) is 3. The first-order valence-electron chi connectivity index (χ1n) is 4.87. The molecule has 1 fully saturated rings. The zero-order valence-corrected chi connectivity index (χ0v) is 8.41. The van der Waals surface area contributed by atoms with Crippen LogP contribution in [0.25, 0.3) is 0 Å². The largest absolute Gasteiger partial charge is 0.376 e. The Bertz CT molecular complexity index is 380. The Kier molecular flexibility index (Phi) is 3.26. The van der Waals surface area contributed by atoms with Crippen LogP contribution in [0.2, 0.25) is 0 Å². The van der Waals surface area contributed by atoms with Crippen molar-refractivity contribution in [3.63, 3.8) is 0 Å². The monoisotopic (exact) mass is 228 g/mol. The molecule has 0 spiro atoms. The van der Waals surface area contributed by atoms with Gasteiger partial charge in [-0.1, -0.05) is 6.07 Å². The summed E-state index contributed by atoms with van der Waals surface area (Å²) in [4.78, 5) is 11.8. The van der Waals surface area contributed by atoms with Crippen LogP contribution in [0, 0.1) is 11.6 Å². The summed E-state index contributed by atoms with van der Waals surface area (Å²) in [6, 6.07) is 3.29. The second kappa shape index (κ2) is 4.67. The van der Waals surface area contributed by atoms with Crippen molar-refractivity contribution in [2.45, 2.75) is 6.10 Å². The average Bonchev–Trinajstić information content (AvgIpc) is 2.30. The van der Waals surface area contributed by atoms with Crippen LogP contribution in [0.4, 0.5) is 8.78 Å². The van der Waals surface area contributed by atoms with Crippen LogP contribution in [0.1, 0.15) is 10.4 Å². The van der Waals surface area contributed by atoms with E-state index in [0.29, 0.717) is 6.61 Å². The Labute approximate surface area is 91.0 Å². The summed E-state index contributed by atoms with van der Waals surface area (Å²) in [5.74, 6) is -2.46. The average molecular weight is 228 g/mol. The topological polar surface area (TPSA) is 35.5 Å². The van der Waals surface area contributed by atoms with E-state index in [1.165, 1.54) is 6.07 Å². The molecule has 1 aliphatic heterocycles. The van der Waals surface area contributed by atoms with Crippen LogP contribution in [-0.2, 0) is 9.47 Å². The predicted molar refractivity (Wildman–Crippen MR) is 51.2 cm³/mol. The molecular weight excluding hydrogens is 218 g/mol. The van der Waals surface area contributed by atoms with E-state index in [9.17, 15) is 13.6 Å². The number of halogens is 2. The van der Waals surface area contributed by atoms with E-state index in [1.54, 1.807) is 0 Å². The number of Topliss-reactive ketones (excluding diaryl/α,β-unsaturated/α-hetero) is 1. The molecule has 0 bridgehead atoms. The molecule has 0 aromatic heterocycles. The normalized spacial score (nSPS) is 20.8. The van der Waals surface area contributed by atoms with Crippen LogP contribution in [0.3, 0.4) is 0 Å². The van der Waals surface area contributed by atoms with Crippen molar-refractivity contribution in [1.29, 1.82) is 0 Å². The molecule has 1 atom stereocenters. The minimum Gasteiger partial charge on any atom is -0.376 e. The fourth-order valence-corrected chi connectivity index (χ4v) is 1.53. The van der Waals surface area contributed by atoms with Crippen molar-refractivity contribution in [2.24, 2.45) is 0 Å². The van der Waals surface area contributed by atoms with E-state index in [4.69, 9.17) is 9.47 Å². The van der Waals surface area contributed by atoms with Gasteiger partial charge in [-0.15, -0.1) is 0 Å². The number of ketones is 1. The minimum absolute atomic E-state index is 0.0343. The Balaban J connectivity index is 2.26. The fraction of sp³-hybridized carbons (Fsp3) is 0.364. The molecular formula is C11H10F2O3. The van der Waals surface area contributed by atoms with Crippen LogP contribution in [0.5, 0.6) is 0 Å². The first-order valence-corrected chi connectivity index (χ1v) is 4.87. The predicted octanol–water partition coefficient (Wildman–Crippen LogP) is 1.56. The zero-order valence-electron chi connectivity index (χ0n) is 8.41. The summed E-state index contributed by atoms with van der Waals surface area (Å²) in [6.45, 7) is 0.683. The lowest BCUT2D eigenvalue weighted by atomic mass is 10.0. The van der Waals surface area contributed by atoms with Crippen LogP contribution in [-0.4, -0.2) is 31.7 Å². The standard InChI is InChI=1S/C11H10F2O3/c12-7-2-1-3-8(13)10(7)11(14)9-6-15-4-5-16-9/h1-3,9H,4-6H2. The molecule has 0 aliphatic carbocycles. The van der Waals surface area contributed by atoms with Gasteiger partial charge in [0.2, 0.25) is 0 Å². The lowest BCUT2D eigenvalue weighted by Gasteiger charge is -2.21. The van der Waals surface area contributed by atoms with Crippen molar-refractivity contribution in [3.8, 4) is 0 Å². The van der Waals surface area contributed by atoms with E-state index in [1.807, 2.05) is 0 Å². The van der Waals surface area contributed by atoms with Crippen molar-refractivity contribution in [2.75, 3.05) is 19.8 Å². The fourth-order valence-electron chi connectivity index (χ4n) is 1.53. The second-order valence-corrected chi connectivity index (χ2v) is 3.40. The molecule has 1 heterocycles. The van der Waals surface area contributed by atoms with Crippen molar-refractivity contribution >= 4 is 5.78 Å². The molecule has 1 aromatic carbocycles. The van der Waals surface area contributed by atoms with Gasteiger partial charge in [0.05, 0.1) is 25.4 Å². The number of ether oxygens (including phenoxy) is 2. The molecule has 2 rings (SSSR count). The molecule has 0 radical (unpaired) electrons.